The molecular formula is C6H9NO4S2. The van der Waals surface area contributed by atoms with Gasteiger partial charge in [-0.1, -0.05) is 11.8 Å². The van der Waals surface area contributed by atoms with E-state index in [1.807, 2.05) is 0 Å². The van der Waals surface area contributed by atoms with E-state index in [9.17, 15) is 18.0 Å². The lowest BCUT2D eigenvalue weighted by Gasteiger charge is -2.10. The third-order valence-electron chi connectivity index (χ3n) is 1.53. The molecule has 1 aliphatic rings. The summed E-state index contributed by atoms with van der Waals surface area (Å²) in [6.45, 7) is -0.0243. The molecule has 1 heterocycles. The Morgan fingerprint density at radius 3 is 2.46 bits per heavy atom. The van der Waals surface area contributed by atoms with Gasteiger partial charge in [-0.3, -0.25) is 14.5 Å². The Morgan fingerprint density at radius 1 is 1.46 bits per heavy atom. The summed E-state index contributed by atoms with van der Waals surface area (Å²) in [6, 6.07) is 0. The Balaban J connectivity index is 2.54. The van der Waals surface area contributed by atoms with Crippen molar-refractivity contribution in [1.82, 2.24) is 4.90 Å². The van der Waals surface area contributed by atoms with Crippen LogP contribution in [0.25, 0.3) is 0 Å². The Kier molecular flexibility index (Phi) is 2.97. The van der Waals surface area contributed by atoms with Gasteiger partial charge < -0.3 is 0 Å². The van der Waals surface area contributed by atoms with Crippen molar-refractivity contribution in [3.8, 4) is 0 Å². The monoisotopic (exact) mass is 223 g/mol. The van der Waals surface area contributed by atoms with E-state index in [-0.39, 0.29) is 29.2 Å². The average Bonchev–Trinajstić information content (AvgIpc) is 2.27. The van der Waals surface area contributed by atoms with Gasteiger partial charge in [-0.25, -0.2) is 8.42 Å². The van der Waals surface area contributed by atoms with Crippen LogP contribution >= 0.6 is 11.8 Å². The molecule has 1 aliphatic heterocycles. The van der Waals surface area contributed by atoms with Crippen molar-refractivity contribution in [2.75, 3.05) is 24.3 Å². The van der Waals surface area contributed by atoms with Crippen LogP contribution in [0.2, 0.25) is 0 Å². The van der Waals surface area contributed by atoms with E-state index >= 15 is 0 Å². The fourth-order valence-electron chi connectivity index (χ4n) is 0.854. The Morgan fingerprint density at radius 2 is 2.08 bits per heavy atom. The first kappa shape index (κ1) is 10.5. The number of carbonyl (C=O) groups is 2. The minimum Gasteiger partial charge on any atom is -0.273 e. The smallest absolute Gasteiger partial charge is 0.273 e. The van der Waals surface area contributed by atoms with Crippen molar-refractivity contribution >= 4 is 32.7 Å². The van der Waals surface area contributed by atoms with Crippen molar-refractivity contribution in [2.45, 2.75) is 0 Å². The molecule has 7 heteroatoms. The Bertz CT molecular complexity index is 319. The maximum atomic E-state index is 11.0. The molecule has 0 radical (unpaired) electrons. The standard InChI is InChI=1S/C6H9NO4S2/c1-13(10,11)3-2-7-5(8)4-12-6(7)9/h2-4H2,1H3. The molecule has 0 saturated carbocycles. The number of nitrogens with zero attached hydrogens (tertiary/aromatic N) is 1. The van der Waals surface area contributed by atoms with Crippen molar-refractivity contribution in [3.05, 3.63) is 0 Å². The van der Waals surface area contributed by atoms with E-state index in [1.165, 1.54) is 0 Å². The number of imide groups is 1. The van der Waals surface area contributed by atoms with Crippen LogP contribution < -0.4 is 0 Å². The summed E-state index contributed by atoms with van der Waals surface area (Å²) in [4.78, 5) is 22.9. The van der Waals surface area contributed by atoms with Gasteiger partial charge in [-0.15, -0.1) is 0 Å². The van der Waals surface area contributed by atoms with Crippen molar-refractivity contribution < 1.29 is 18.0 Å². The highest BCUT2D eigenvalue weighted by molar-refractivity contribution is 8.14. The third kappa shape index (κ3) is 3.00. The van der Waals surface area contributed by atoms with Crippen LogP contribution in [-0.2, 0) is 14.6 Å². The highest BCUT2D eigenvalue weighted by Gasteiger charge is 2.29. The Hall–Kier alpha value is -0.560. The number of amides is 2. The molecule has 0 atom stereocenters. The first-order chi connectivity index (χ1) is 5.90. The van der Waals surface area contributed by atoms with Crippen molar-refractivity contribution in [3.63, 3.8) is 0 Å². The summed E-state index contributed by atoms with van der Waals surface area (Å²) in [5, 5.41) is -0.353. The van der Waals surface area contributed by atoms with Gasteiger partial charge >= 0.3 is 0 Å². The van der Waals surface area contributed by atoms with Gasteiger partial charge in [-0.2, -0.15) is 0 Å². The predicted molar refractivity (Wildman–Crippen MR) is 49.3 cm³/mol. The summed E-state index contributed by atoms with van der Waals surface area (Å²) >= 11 is 0.907. The van der Waals surface area contributed by atoms with Crippen LogP contribution in [0.1, 0.15) is 0 Å². The second-order valence-electron chi connectivity index (χ2n) is 2.73. The average molecular weight is 223 g/mol. The molecule has 1 saturated heterocycles. The fourth-order valence-corrected chi connectivity index (χ4v) is 2.12. The maximum absolute atomic E-state index is 11.0. The van der Waals surface area contributed by atoms with Gasteiger partial charge in [0.05, 0.1) is 11.5 Å². The molecule has 5 nitrogen and oxygen atoms in total. The number of sulfone groups is 1. The zero-order valence-electron chi connectivity index (χ0n) is 7.02. The predicted octanol–water partition coefficient (Wildman–Crippen LogP) is -0.274. The van der Waals surface area contributed by atoms with Gasteiger partial charge in [0, 0.05) is 12.8 Å². The normalized spacial score (nSPS) is 18.4. The van der Waals surface area contributed by atoms with Crippen molar-refractivity contribution in [1.29, 1.82) is 0 Å². The van der Waals surface area contributed by atoms with Gasteiger partial charge in [-0.05, 0) is 0 Å². The van der Waals surface area contributed by atoms with Crippen molar-refractivity contribution in [2.24, 2.45) is 0 Å². The largest absolute Gasteiger partial charge is 0.288 e. The van der Waals surface area contributed by atoms with Crippen LogP contribution in [0.3, 0.4) is 0 Å². The zero-order chi connectivity index (χ0) is 10.1. The lowest BCUT2D eigenvalue weighted by molar-refractivity contribution is -0.124. The molecule has 0 aromatic rings. The number of thioether (sulfide) groups is 1. The second-order valence-corrected chi connectivity index (χ2v) is 5.92. The SMILES string of the molecule is CS(=O)(=O)CCN1C(=O)CSC1=O. The fraction of sp³-hybridized carbons (Fsp3) is 0.667. The maximum Gasteiger partial charge on any atom is 0.288 e. The highest BCUT2D eigenvalue weighted by atomic mass is 32.2. The second kappa shape index (κ2) is 3.67. The molecule has 13 heavy (non-hydrogen) atoms. The summed E-state index contributed by atoms with van der Waals surface area (Å²) in [5.74, 6) is -0.341. The number of hydrogen-bond donors (Lipinski definition) is 0. The van der Waals surface area contributed by atoms with E-state index in [2.05, 4.69) is 0 Å². The quantitative estimate of drug-likeness (QED) is 0.658. The zero-order valence-corrected chi connectivity index (χ0v) is 8.65. The van der Waals surface area contributed by atoms with E-state index in [4.69, 9.17) is 0 Å². The molecule has 1 fully saturated rings. The number of carbonyl (C=O) groups excluding carboxylic acids is 2. The van der Waals surface area contributed by atoms with Crippen LogP contribution in [0.5, 0.6) is 0 Å². The van der Waals surface area contributed by atoms with Gasteiger partial charge in [0.2, 0.25) is 5.91 Å². The Labute approximate surface area is 80.4 Å². The molecule has 74 valence electrons. The van der Waals surface area contributed by atoms with E-state index in [1.54, 1.807) is 0 Å². The molecule has 1 rings (SSSR count). The molecule has 0 N–H and O–H groups in total. The number of rotatable bonds is 3. The van der Waals surface area contributed by atoms with Crippen LogP contribution in [0.4, 0.5) is 4.79 Å². The molecule has 0 bridgehead atoms. The molecule has 0 aromatic carbocycles. The molecule has 2 amide bonds. The molecule has 0 aromatic heterocycles. The van der Waals surface area contributed by atoms with Gasteiger partial charge in [0.15, 0.2) is 0 Å². The topological polar surface area (TPSA) is 71.5 Å². The van der Waals surface area contributed by atoms with Crippen LogP contribution in [0.15, 0.2) is 0 Å². The van der Waals surface area contributed by atoms with E-state index in [0.717, 1.165) is 22.9 Å². The molecule has 0 unspecified atom stereocenters. The number of hydrogen-bond acceptors (Lipinski definition) is 5. The first-order valence-electron chi connectivity index (χ1n) is 3.55. The first-order valence-corrected chi connectivity index (χ1v) is 6.59. The highest BCUT2D eigenvalue weighted by Crippen LogP contribution is 2.18. The summed E-state index contributed by atoms with van der Waals surface area (Å²) in [5.41, 5.74) is 0. The summed E-state index contributed by atoms with van der Waals surface area (Å²) in [6.07, 6.45) is 1.07. The summed E-state index contributed by atoms with van der Waals surface area (Å²) < 4.78 is 21.5. The van der Waals surface area contributed by atoms with Crippen LogP contribution in [0, 0.1) is 0 Å². The molecule has 0 spiro atoms. The van der Waals surface area contributed by atoms with Gasteiger partial charge in [0.1, 0.15) is 9.84 Å². The lowest BCUT2D eigenvalue weighted by atomic mass is 10.5. The molecular weight excluding hydrogens is 214 g/mol. The van der Waals surface area contributed by atoms with E-state index < -0.39 is 9.84 Å². The minimum atomic E-state index is -3.11. The van der Waals surface area contributed by atoms with E-state index in [0.29, 0.717) is 0 Å². The summed E-state index contributed by atoms with van der Waals surface area (Å²) in [7, 11) is -3.11. The van der Waals surface area contributed by atoms with Crippen LogP contribution in [-0.4, -0.2) is 48.8 Å². The third-order valence-corrected chi connectivity index (χ3v) is 3.31. The van der Waals surface area contributed by atoms with Gasteiger partial charge in [0.25, 0.3) is 5.24 Å². The molecule has 0 aliphatic carbocycles. The minimum absolute atomic E-state index is 0.0243. The lowest BCUT2D eigenvalue weighted by Crippen LogP contribution is -2.33.